The molecule has 0 spiro atoms. The highest BCUT2D eigenvalue weighted by Gasteiger charge is 2.25. The Balaban J connectivity index is 2.31. The molecule has 2 rings (SSSR count). The van der Waals surface area contributed by atoms with Crippen molar-refractivity contribution in [2.45, 2.75) is 33.2 Å². The molecule has 0 amide bonds. The number of fused-ring (bicyclic) bond motifs is 1. The first-order valence-corrected chi connectivity index (χ1v) is 5.51. The van der Waals surface area contributed by atoms with Crippen molar-refractivity contribution in [3.05, 3.63) is 35.4 Å². The largest absolute Gasteiger partial charge is 0.312 e. The molecule has 1 aliphatic rings. The minimum absolute atomic E-state index is 0.437. The molecule has 0 saturated carbocycles. The zero-order valence-corrected chi connectivity index (χ0v) is 9.14. The smallest absolute Gasteiger partial charge is 0.0208 e. The molecule has 1 aliphatic heterocycles. The Labute approximate surface area is 86.5 Å². The quantitative estimate of drug-likeness (QED) is 0.716. The van der Waals surface area contributed by atoms with E-state index in [1.807, 2.05) is 0 Å². The van der Waals surface area contributed by atoms with E-state index in [-0.39, 0.29) is 0 Å². The molecule has 0 aromatic heterocycles. The van der Waals surface area contributed by atoms with Crippen LogP contribution in [0.1, 0.15) is 31.4 Å². The summed E-state index contributed by atoms with van der Waals surface area (Å²) in [5.74, 6) is 0. The summed E-state index contributed by atoms with van der Waals surface area (Å²) in [6.07, 6.45) is 2.46. The van der Waals surface area contributed by atoms with Gasteiger partial charge in [0.05, 0.1) is 0 Å². The minimum Gasteiger partial charge on any atom is -0.312 e. The van der Waals surface area contributed by atoms with Gasteiger partial charge in [-0.1, -0.05) is 38.1 Å². The second-order valence-electron chi connectivity index (χ2n) is 4.71. The highest BCUT2D eigenvalue weighted by Crippen LogP contribution is 2.29. The standard InChI is InChI=1S/C13H19N/c1-3-13(2)8-11-6-4-5-7-12(11)9-14-10-13/h4-7,14H,3,8-10H2,1-2H3/t13-/m0/s1. The lowest BCUT2D eigenvalue weighted by Gasteiger charge is -2.26. The molecule has 1 nitrogen and oxygen atoms in total. The molecule has 1 aromatic carbocycles. The van der Waals surface area contributed by atoms with Crippen LogP contribution in [0, 0.1) is 5.41 Å². The lowest BCUT2D eigenvalue weighted by atomic mass is 9.81. The van der Waals surface area contributed by atoms with E-state index in [1.165, 1.54) is 24.0 Å². The molecule has 76 valence electrons. The van der Waals surface area contributed by atoms with Crippen molar-refractivity contribution in [2.75, 3.05) is 6.54 Å². The third-order valence-electron chi connectivity index (χ3n) is 3.46. The first-order valence-electron chi connectivity index (χ1n) is 5.51. The van der Waals surface area contributed by atoms with Crippen molar-refractivity contribution < 1.29 is 0 Å². The summed E-state index contributed by atoms with van der Waals surface area (Å²) in [5, 5.41) is 3.54. The van der Waals surface area contributed by atoms with Crippen LogP contribution in [0.3, 0.4) is 0 Å². The van der Waals surface area contributed by atoms with Crippen molar-refractivity contribution in [2.24, 2.45) is 5.41 Å². The number of hydrogen-bond acceptors (Lipinski definition) is 1. The molecule has 1 heterocycles. The Bertz CT molecular complexity index is 319. The first kappa shape index (κ1) is 9.72. The Morgan fingerprint density at radius 2 is 2.00 bits per heavy atom. The van der Waals surface area contributed by atoms with E-state index < -0.39 is 0 Å². The van der Waals surface area contributed by atoms with Crippen LogP contribution >= 0.6 is 0 Å². The van der Waals surface area contributed by atoms with Gasteiger partial charge >= 0.3 is 0 Å². The Morgan fingerprint density at radius 3 is 2.71 bits per heavy atom. The predicted molar refractivity (Wildman–Crippen MR) is 60.3 cm³/mol. The average molecular weight is 189 g/mol. The van der Waals surface area contributed by atoms with Gasteiger partial charge in [-0.05, 0) is 29.4 Å². The highest BCUT2D eigenvalue weighted by atomic mass is 14.9. The normalized spacial score (nSPS) is 26.7. The molecule has 0 bridgehead atoms. The molecule has 0 saturated heterocycles. The number of nitrogens with one attached hydrogen (secondary N) is 1. The van der Waals surface area contributed by atoms with Crippen molar-refractivity contribution in [1.82, 2.24) is 5.32 Å². The minimum atomic E-state index is 0.437. The van der Waals surface area contributed by atoms with Gasteiger partial charge in [-0.3, -0.25) is 0 Å². The topological polar surface area (TPSA) is 12.0 Å². The number of rotatable bonds is 1. The van der Waals surface area contributed by atoms with Crippen LogP contribution in [0.25, 0.3) is 0 Å². The second-order valence-corrected chi connectivity index (χ2v) is 4.71. The van der Waals surface area contributed by atoms with E-state index in [1.54, 1.807) is 0 Å². The van der Waals surface area contributed by atoms with Gasteiger partial charge in [0.25, 0.3) is 0 Å². The van der Waals surface area contributed by atoms with Gasteiger partial charge in [0.2, 0.25) is 0 Å². The summed E-state index contributed by atoms with van der Waals surface area (Å²) in [6, 6.07) is 8.80. The number of benzene rings is 1. The Hall–Kier alpha value is -0.820. The second kappa shape index (κ2) is 3.74. The molecule has 14 heavy (non-hydrogen) atoms. The molecular weight excluding hydrogens is 170 g/mol. The molecule has 1 aromatic rings. The first-order chi connectivity index (χ1) is 6.73. The Kier molecular flexibility index (Phi) is 2.60. The highest BCUT2D eigenvalue weighted by molar-refractivity contribution is 5.29. The summed E-state index contributed by atoms with van der Waals surface area (Å²) in [5.41, 5.74) is 3.44. The van der Waals surface area contributed by atoms with Crippen LogP contribution in [-0.2, 0) is 13.0 Å². The van der Waals surface area contributed by atoms with Crippen LogP contribution in [-0.4, -0.2) is 6.54 Å². The van der Waals surface area contributed by atoms with E-state index in [2.05, 4.69) is 43.4 Å². The van der Waals surface area contributed by atoms with Crippen LogP contribution < -0.4 is 5.32 Å². The van der Waals surface area contributed by atoms with E-state index in [0.29, 0.717) is 5.41 Å². The SMILES string of the molecule is CC[C@]1(C)CNCc2ccccc2C1. The summed E-state index contributed by atoms with van der Waals surface area (Å²) in [4.78, 5) is 0. The fourth-order valence-electron chi connectivity index (χ4n) is 2.17. The van der Waals surface area contributed by atoms with Gasteiger partial charge < -0.3 is 5.32 Å². The number of hydrogen-bond donors (Lipinski definition) is 1. The van der Waals surface area contributed by atoms with Gasteiger partial charge in [0.1, 0.15) is 0 Å². The van der Waals surface area contributed by atoms with Crippen LogP contribution in [0.15, 0.2) is 24.3 Å². The predicted octanol–water partition coefficient (Wildman–Crippen LogP) is 2.75. The van der Waals surface area contributed by atoms with E-state index in [4.69, 9.17) is 0 Å². The molecule has 1 atom stereocenters. The Morgan fingerprint density at radius 1 is 1.29 bits per heavy atom. The zero-order valence-electron chi connectivity index (χ0n) is 9.14. The summed E-state index contributed by atoms with van der Waals surface area (Å²) in [6.45, 7) is 6.83. The van der Waals surface area contributed by atoms with E-state index in [0.717, 1.165) is 13.1 Å². The van der Waals surface area contributed by atoms with Crippen LogP contribution in [0.2, 0.25) is 0 Å². The lowest BCUT2D eigenvalue weighted by molar-refractivity contribution is 0.299. The van der Waals surface area contributed by atoms with Crippen molar-refractivity contribution in [1.29, 1.82) is 0 Å². The van der Waals surface area contributed by atoms with Crippen molar-refractivity contribution in [3.8, 4) is 0 Å². The summed E-state index contributed by atoms with van der Waals surface area (Å²) >= 11 is 0. The van der Waals surface area contributed by atoms with Gasteiger partial charge in [-0.25, -0.2) is 0 Å². The van der Waals surface area contributed by atoms with Gasteiger partial charge in [0, 0.05) is 13.1 Å². The van der Waals surface area contributed by atoms with E-state index in [9.17, 15) is 0 Å². The van der Waals surface area contributed by atoms with Crippen molar-refractivity contribution in [3.63, 3.8) is 0 Å². The fraction of sp³-hybridized carbons (Fsp3) is 0.538. The molecule has 1 N–H and O–H groups in total. The zero-order chi connectivity index (χ0) is 10.0. The maximum Gasteiger partial charge on any atom is 0.0208 e. The van der Waals surface area contributed by atoms with Crippen molar-refractivity contribution >= 4 is 0 Å². The average Bonchev–Trinajstić information content (AvgIpc) is 2.37. The monoisotopic (exact) mass is 189 g/mol. The van der Waals surface area contributed by atoms with Gasteiger partial charge in [-0.15, -0.1) is 0 Å². The summed E-state index contributed by atoms with van der Waals surface area (Å²) in [7, 11) is 0. The van der Waals surface area contributed by atoms with Crippen LogP contribution in [0.4, 0.5) is 0 Å². The van der Waals surface area contributed by atoms with Crippen LogP contribution in [0.5, 0.6) is 0 Å². The molecule has 0 radical (unpaired) electrons. The third-order valence-corrected chi connectivity index (χ3v) is 3.46. The molecular formula is C13H19N. The molecule has 0 unspecified atom stereocenters. The van der Waals surface area contributed by atoms with Gasteiger partial charge in [-0.2, -0.15) is 0 Å². The lowest BCUT2D eigenvalue weighted by Crippen LogP contribution is -2.30. The maximum absolute atomic E-state index is 3.54. The molecule has 0 aliphatic carbocycles. The third kappa shape index (κ3) is 1.83. The molecule has 1 heteroatoms. The maximum atomic E-state index is 3.54. The van der Waals surface area contributed by atoms with E-state index >= 15 is 0 Å². The summed E-state index contributed by atoms with van der Waals surface area (Å²) < 4.78 is 0. The fourth-order valence-corrected chi connectivity index (χ4v) is 2.17. The molecule has 0 fully saturated rings. The van der Waals surface area contributed by atoms with Gasteiger partial charge in [0.15, 0.2) is 0 Å².